The van der Waals surface area contributed by atoms with E-state index in [1.807, 2.05) is 0 Å². The zero-order valence-electron chi connectivity index (χ0n) is 17.3. The van der Waals surface area contributed by atoms with Gasteiger partial charge in [0.05, 0.1) is 16.3 Å². The van der Waals surface area contributed by atoms with E-state index in [1.54, 1.807) is 6.07 Å². The summed E-state index contributed by atoms with van der Waals surface area (Å²) in [7, 11) is 0. The van der Waals surface area contributed by atoms with Crippen molar-refractivity contribution < 1.29 is 13.9 Å². The molecule has 4 nitrogen and oxygen atoms in total. The highest BCUT2D eigenvalue weighted by Gasteiger charge is 2.24. The van der Waals surface area contributed by atoms with Crippen LogP contribution < -0.4 is 10.5 Å². The van der Waals surface area contributed by atoms with Crippen LogP contribution in [0, 0.1) is 11.8 Å². The van der Waals surface area contributed by atoms with E-state index >= 15 is 0 Å². The van der Waals surface area contributed by atoms with Crippen molar-refractivity contribution in [2.75, 3.05) is 38.6 Å². The number of carbonyl (C=O) groups is 1. The van der Waals surface area contributed by atoms with E-state index in [0.29, 0.717) is 34.4 Å². The zero-order valence-corrected chi connectivity index (χ0v) is 18.1. The van der Waals surface area contributed by atoms with Crippen LogP contribution in [0.5, 0.6) is 5.75 Å². The summed E-state index contributed by atoms with van der Waals surface area (Å²) >= 11 is 6.10. The lowest BCUT2D eigenvalue weighted by molar-refractivity contribution is 0.0952. The van der Waals surface area contributed by atoms with Gasteiger partial charge in [0.1, 0.15) is 19.0 Å². The molecule has 0 atom stereocenters. The van der Waals surface area contributed by atoms with Crippen LogP contribution in [0.25, 0.3) is 0 Å². The number of ketones is 1. The third kappa shape index (κ3) is 6.58. The molecule has 0 bridgehead atoms. The van der Waals surface area contributed by atoms with Crippen LogP contribution in [0.2, 0.25) is 5.02 Å². The van der Waals surface area contributed by atoms with Gasteiger partial charge in [0, 0.05) is 19.0 Å². The number of piperidine rings is 1. The Morgan fingerprint density at radius 2 is 1.86 bits per heavy atom. The smallest absolute Gasteiger partial charge is 0.166 e. The maximum Gasteiger partial charge on any atom is 0.166 e. The number of carbonyl (C=O) groups excluding carboxylic acids is 1. The van der Waals surface area contributed by atoms with Crippen LogP contribution in [-0.2, 0) is 0 Å². The number of hydrogen-bond donors (Lipinski definition) is 1. The van der Waals surface area contributed by atoms with Crippen molar-refractivity contribution in [3.8, 4) is 5.75 Å². The molecular weight excluding hydrogens is 391 g/mol. The van der Waals surface area contributed by atoms with Crippen molar-refractivity contribution in [2.45, 2.75) is 57.8 Å². The molecule has 162 valence electrons. The summed E-state index contributed by atoms with van der Waals surface area (Å²) in [4.78, 5) is 15.4. The summed E-state index contributed by atoms with van der Waals surface area (Å²) in [6.07, 6.45) is 10.6. The van der Waals surface area contributed by atoms with Crippen LogP contribution >= 0.6 is 11.6 Å². The highest BCUT2D eigenvalue weighted by Crippen LogP contribution is 2.32. The SMILES string of the molecule is Nc1cc(OCCF)c(C(=O)CCC2CCN(CC3CCCCC3)CC2)cc1Cl. The summed E-state index contributed by atoms with van der Waals surface area (Å²) in [6.45, 7) is 2.84. The van der Waals surface area contributed by atoms with Gasteiger partial charge in [0.2, 0.25) is 0 Å². The lowest BCUT2D eigenvalue weighted by Crippen LogP contribution is -2.37. The predicted octanol–water partition coefficient (Wildman–Crippen LogP) is 5.53. The first-order chi connectivity index (χ1) is 14.1. The molecular formula is C23H34ClFN2O2. The number of nitrogens with two attached hydrogens (primary N) is 1. The Morgan fingerprint density at radius 3 is 2.55 bits per heavy atom. The van der Waals surface area contributed by atoms with Gasteiger partial charge in [-0.3, -0.25) is 4.79 Å². The van der Waals surface area contributed by atoms with Crippen molar-refractivity contribution in [1.29, 1.82) is 0 Å². The summed E-state index contributed by atoms with van der Waals surface area (Å²) in [5.41, 5.74) is 6.56. The number of Topliss-reactive ketones (excluding diaryl/α,β-unsaturated/α-hetero) is 1. The second-order valence-corrected chi connectivity index (χ2v) is 9.02. The molecule has 2 N–H and O–H groups in total. The largest absolute Gasteiger partial charge is 0.490 e. The van der Waals surface area contributed by atoms with Crippen LogP contribution in [0.15, 0.2) is 12.1 Å². The number of anilines is 1. The average Bonchev–Trinajstić information content (AvgIpc) is 2.74. The molecule has 1 heterocycles. The fraction of sp³-hybridized carbons (Fsp3) is 0.696. The zero-order chi connectivity index (χ0) is 20.6. The minimum atomic E-state index is -0.615. The molecule has 1 aliphatic carbocycles. The first kappa shape index (κ1) is 22.4. The third-order valence-electron chi connectivity index (χ3n) is 6.46. The van der Waals surface area contributed by atoms with Crippen molar-refractivity contribution in [1.82, 2.24) is 4.90 Å². The molecule has 2 aliphatic rings. The Kier molecular flexibility index (Phi) is 8.61. The number of hydrogen-bond acceptors (Lipinski definition) is 4. The monoisotopic (exact) mass is 424 g/mol. The molecule has 2 fully saturated rings. The number of benzene rings is 1. The molecule has 0 unspecified atom stereocenters. The number of rotatable bonds is 9. The molecule has 0 amide bonds. The van der Waals surface area contributed by atoms with E-state index < -0.39 is 6.67 Å². The number of nitrogens with zero attached hydrogens (tertiary/aromatic N) is 1. The normalized spacial score (nSPS) is 19.4. The topological polar surface area (TPSA) is 55.6 Å². The van der Waals surface area contributed by atoms with Gasteiger partial charge in [-0.15, -0.1) is 0 Å². The van der Waals surface area contributed by atoms with Crippen LogP contribution in [0.1, 0.15) is 68.1 Å². The lowest BCUT2D eigenvalue weighted by Gasteiger charge is -2.35. The number of likely N-dealkylation sites (tertiary alicyclic amines) is 1. The number of alkyl halides is 1. The first-order valence-electron chi connectivity index (χ1n) is 11.1. The summed E-state index contributed by atoms with van der Waals surface area (Å²) in [5, 5.41) is 0.331. The Balaban J connectivity index is 1.47. The summed E-state index contributed by atoms with van der Waals surface area (Å²) < 4.78 is 17.9. The molecule has 1 aromatic rings. The van der Waals surface area contributed by atoms with Crippen LogP contribution in [0.4, 0.5) is 10.1 Å². The Hall–Kier alpha value is -1.33. The van der Waals surface area contributed by atoms with Crippen molar-refractivity contribution >= 4 is 23.1 Å². The van der Waals surface area contributed by atoms with E-state index in [4.69, 9.17) is 22.1 Å². The van der Waals surface area contributed by atoms with Crippen LogP contribution in [0.3, 0.4) is 0 Å². The van der Waals surface area contributed by atoms with Crippen molar-refractivity contribution in [3.05, 3.63) is 22.7 Å². The van der Waals surface area contributed by atoms with Gasteiger partial charge in [-0.1, -0.05) is 30.9 Å². The maximum absolute atomic E-state index is 12.8. The number of ether oxygens (including phenoxy) is 1. The van der Waals surface area contributed by atoms with E-state index in [2.05, 4.69) is 4.90 Å². The highest BCUT2D eigenvalue weighted by molar-refractivity contribution is 6.33. The van der Waals surface area contributed by atoms with E-state index in [0.717, 1.165) is 38.3 Å². The third-order valence-corrected chi connectivity index (χ3v) is 6.79. The second-order valence-electron chi connectivity index (χ2n) is 8.62. The van der Waals surface area contributed by atoms with E-state index in [-0.39, 0.29) is 12.4 Å². The van der Waals surface area contributed by atoms with Gasteiger partial charge in [0.15, 0.2) is 5.78 Å². The van der Waals surface area contributed by atoms with Gasteiger partial charge >= 0.3 is 0 Å². The molecule has 0 aromatic heterocycles. The minimum absolute atomic E-state index is 0.00890. The molecule has 29 heavy (non-hydrogen) atoms. The van der Waals surface area contributed by atoms with Gasteiger partial charge in [-0.25, -0.2) is 4.39 Å². The second kappa shape index (κ2) is 11.2. The Morgan fingerprint density at radius 1 is 1.14 bits per heavy atom. The van der Waals surface area contributed by atoms with E-state index in [1.165, 1.54) is 44.7 Å². The van der Waals surface area contributed by atoms with Gasteiger partial charge in [-0.2, -0.15) is 0 Å². The van der Waals surface area contributed by atoms with Gasteiger partial charge < -0.3 is 15.4 Å². The highest BCUT2D eigenvalue weighted by atomic mass is 35.5. The minimum Gasteiger partial charge on any atom is -0.490 e. The molecule has 0 spiro atoms. The Bertz CT molecular complexity index is 671. The molecule has 1 saturated carbocycles. The predicted molar refractivity (Wildman–Crippen MR) is 117 cm³/mol. The van der Waals surface area contributed by atoms with Gasteiger partial charge in [-0.05, 0) is 63.1 Å². The number of halogens is 2. The average molecular weight is 425 g/mol. The fourth-order valence-electron chi connectivity index (χ4n) is 4.72. The van der Waals surface area contributed by atoms with E-state index in [9.17, 15) is 9.18 Å². The maximum atomic E-state index is 12.8. The standard InChI is InChI=1S/C23H34ClFN2O2/c24-20-14-19(23(15-21(20)26)29-13-10-25)22(28)7-6-17-8-11-27(12-9-17)16-18-4-2-1-3-5-18/h14-15,17-18H,1-13,16,26H2. The first-order valence-corrected chi connectivity index (χ1v) is 11.5. The molecule has 1 aliphatic heterocycles. The fourth-order valence-corrected chi connectivity index (χ4v) is 4.88. The van der Waals surface area contributed by atoms with Crippen LogP contribution in [-0.4, -0.2) is 43.6 Å². The van der Waals surface area contributed by atoms with Crippen molar-refractivity contribution in [2.24, 2.45) is 11.8 Å². The lowest BCUT2D eigenvalue weighted by atomic mass is 9.87. The molecule has 1 saturated heterocycles. The summed E-state index contributed by atoms with van der Waals surface area (Å²) in [5.74, 6) is 1.79. The van der Waals surface area contributed by atoms with Crippen molar-refractivity contribution in [3.63, 3.8) is 0 Å². The Labute approximate surface area is 178 Å². The molecule has 0 radical (unpaired) electrons. The molecule has 3 rings (SSSR count). The molecule has 6 heteroatoms. The molecule has 1 aromatic carbocycles. The number of nitrogen functional groups attached to an aromatic ring is 1. The quantitative estimate of drug-likeness (QED) is 0.418. The van der Waals surface area contributed by atoms with Gasteiger partial charge in [0.25, 0.3) is 0 Å². The summed E-state index contributed by atoms with van der Waals surface area (Å²) in [6, 6.07) is 3.08.